The van der Waals surface area contributed by atoms with Gasteiger partial charge in [0, 0.05) is 12.4 Å². The van der Waals surface area contributed by atoms with Crippen LogP contribution in [0.4, 0.5) is 0 Å². The Hall–Kier alpha value is -2.99. The summed E-state index contributed by atoms with van der Waals surface area (Å²) in [5, 5.41) is 37.5. The fourth-order valence-corrected chi connectivity index (χ4v) is 3.47. The van der Waals surface area contributed by atoms with Gasteiger partial charge in [-0.05, 0) is 41.6 Å². The van der Waals surface area contributed by atoms with Gasteiger partial charge in [-0.1, -0.05) is 12.1 Å². The number of carbonyl (C=O) groups excluding carboxylic acids is 1. The molecular formula is C20H24BN3O7. The lowest BCUT2D eigenvalue weighted by atomic mass is 9.81. The average Bonchev–Trinajstić information content (AvgIpc) is 2.73. The van der Waals surface area contributed by atoms with Crippen LogP contribution in [0.5, 0.6) is 5.75 Å². The highest BCUT2D eigenvalue weighted by Gasteiger charge is 2.36. The van der Waals surface area contributed by atoms with E-state index in [2.05, 4.69) is 4.98 Å². The molecule has 1 aliphatic heterocycles. The summed E-state index contributed by atoms with van der Waals surface area (Å²) in [7, 11) is -1.53. The molecule has 0 spiro atoms. The summed E-state index contributed by atoms with van der Waals surface area (Å²) in [6.07, 6.45) is 2.89. The molecule has 6 N–H and O–H groups in total. The third-order valence-corrected chi connectivity index (χ3v) is 5.18. The molecule has 0 aliphatic carbocycles. The van der Waals surface area contributed by atoms with Crippen molar-refractivity contribution < 1.29 is 34.6 Å². The Morgan fingerprint density at radius 1 is 1.29 bits per heavy atom. The quantitative estimate of drug-likeness (QED) is 0.333. The molecular weight excluding hydrogens is 405 g/mol. The lowest BCUT2D eigenvalue weighted by Crippen LogP contribution is -2.58. The topological polar surface area (TPSA) is 166 Å². The first-order chi connectivity index (χ1) is 14.8. The van der Waals surface area contributed by atoms with Crippen molar-refractivity contribution in [3.63, 3.8) is 0 Å². The van der Waals surface area contributed by atoms with Crippen LogP contribution in [-0.2, 0) is 17.8 Å². The van der Waals surface area contributed by atoms with E-state index >= 15 is 0 Å². The van der Waals surface area contributed by atoms with Gasteiger partial charge in [0.2, 0.25) is 5.91 Å². The molecule has 1 amide bonds. The Morgan fingerprint density at radius 2 is 2.03 bits per heavy atom. The Labute approximate surface area is 179 Å². The molecule has 164 valence electrons. The van der Waals surface area contributed by atoms with Crippen LogP contribution in [0.3, 0.4) is 0 Å². The number of carboxylic acid groups (broad SMARTS) is 1. The van der Waals surface area contributed by atoms with E-state index in [1.54, 1.807) is 24.4 Å². The van der Waals surface area contributed by atoms with Gasteiger partial charge in [-0.3, -0.25) is 9.78 Å². The van der Waals surface area contributed by atoms with Gasteiger partial charge in [0.1, 0.15) is 23.5 Å². The van der Waals surface area contributed by atoms with Crippen molar-refractivity contribution in [2.24, 2.45) is 5.73 Å². The number of rotatable bonds is 9. The molecule has 2 heterocycles. The summed E-state index contributed by atoms with van der Waals surface area (Å²) >= 11 is 0. The minimum atomic E-state index is -1.53. The molecule has 0 radical (unpaired) electrons. The molecule has 31 heavy (non-hydrogen) atoms. The number of aryl methyl sites for hydroxylation is 1. The number of aromatic carboxylic acids is 1. The smallest absolute Gasteiger partial charge is 0.451 e. The maximum atomic E-state index is 12.5. The van der Waals surface area contributed by atoms with Crippen LogP contribution < -0.4 is 10.5 Å². The van der Waals surface area contributed by atoms with Crippen LogP contribution in [0.15, 0.2) is 36.7 Å². The standard InChI is InChI=1S/C20H24BN3O7/c22-18(13-2-1-7-23-8-13)19(26)24-9-14(10-24)31-16-4-3-12(5-6-21(29)30)15(11-25)17(16)20(27)28/h1-4,7-8,14,18,25,29-30H,5-6,9-11,22H2,(H,27,28). The fourth-order valence-electron chi connectivity index (χ4n) is 3.47. The van der Waals surface area contributed by atoms with Gasteiger partial charge in [0.25, 0.3) is 0 Å². The number of pyridine rings is 1. The van der Waals surface area contributed by atoms with E-state index in [1.165, 1.54) is 17.2 Å². The molecule has 1 saturated heterocycles. The first-order valence-corrected chi connectivity index (χ1v) is 9.77. The largest absolute Gasteiger partial charge is 0.486 e. The number of benzene rings is 1. The Bertz CT molecular complexity index is 936. The molecule has 0 bridgehead atoms. The van der Waals surface area contributed by atoms with E-state index in [4.69, 9.17) is 20.5 Å². The maximum Gasteiger partial charge on any atom is 0.451 e. The highest BCUT2D eigenvalue weighted by Crippen LogP contribution is 2.30. The number of aliphatic hydroxyl groups is 1. The van der Waals surface area contributed by atoms with Crippen molar-refractivity contribution in [3.05, 3.63) is 58.9 Å². The third kappa shape index (κ3) is 5.20. The number of likely N-dealkylation sites (tertiary alicyclic amines) is 1. The maximum absolute atomic E-state index is 12.5. The summed E-state index contributed by atoms with van der Waals surface area (Å²) < 4.78 is 5.79. The summed E-state index contributed by atoms with van der Waals surface area (Å²) in [4.78, 5) is 29.8. The van der Waals surface area contributed by atoms with Crippen molar-refractivity contribution in [2.75, 3.05) is 13.1 Å². The summed E-state index contributed by atoms with van der Waals surface area (Å²) in [5.74, 6) is -1.46. The van der Waals surface area contributed by atoms with Gasteiger partial charge >= 0.3 is 13.1 Å². The first kappa shape index (κ1) is 22.7. The molecule has 1 atom stereocenters. The molecule has 1 fully saturated rings. The van der Waals surface area contributed by atoms with Crippen molar-refractivity contribution in [3.8, 4) is 5.75 Å². The molecule has 0 saturated carbocycles. The second kappa shape index (κ2) is 9.88. The number of amides is 1. The zero-order valence-corrected chi connectivity index (χ0v) is 16.7. The molecule has 1 aromatic heterocycles. The molecule has 1 aromatic carbocycles. The number of nitrogens with two attached hydrogens (primary N) is 1. The highest BCUT2D eigenvalue weighted by atomic mass is 16.5. The molecule has 2 aromatic rings. The van der Waals surface area contributed by atoms with Crippen LogP contribution in [0.25, 0.3) is 0 Å². The summed E-state index contributed by atoms with van der Waals surface area (Å²) in [6.45, 7) is -0.0392. The van der Waals surface area contributed by atoms with Crippen LogP contribution in [-0.4, -0.2) is 68.3 Å². The van der Waals surface area contributed by atoms with E-state index < -0.39 is 31.8 Å². The van der Waals surface area contributed by atoms with Crippen LogP contribution in [0, 0.1) is 0 Å². The Morgan fingerprint density at radius 3 is 2.61 bits per heavy atom. The second-order valence-electron chi connectivity index (χ2n) is 7.31. The predicted molar refractivity (Wildman–Crippen MR) is 110 cm³/mol. The number of ether oxygens (including phenoxy) is 1. The number of aromatic nitrogens is 1. The predicted octanol–water partition coefficient (Wildman–Crippen LogP) is -0.423. The van der Waals surface area contributed by atoms with Crippen LogP contribution in [0.2, 0.25) is 6.32 Å². The molecule has 11 heteroatoms. The van der Waals surface area contributed by atoms with Gasteiger partial charge in [-0.25, -0.2) is 4.79 Å². The number of hydrogen-bond acceptors (Lipinski definition) is 8. The van der Waals surface area contributed by atoms with Gasteiger partial charge in [0.05, 0.1) is 19.7 Å². The van der Waals surface area contributed by atoms with Gasteiger partial charge in [-0.2, -0.15) is 0 Å². The second-order valence-corrected chi connectivity index (χ2v) is 7.31. The Balaban J connectivity index is 1.68. The monoisotopic (exact) mass is 429 g/mol. The van der Waals surface area contributed by atoms with Crippen LogP contribution in [0.1, 0.15) is 33.1 Å². The van der Waals surface area contributed by atoms with E-state index in [-0.39, 0.29) is 48.6 Å². The lowest BCUT2D eigenvalue weighted by Gasteiger charge is -2.40. The van der Waals surface area contributed by atoms with E-state index in [9.17, 15) is 19.8 Å². The summed E-state index contributed by atoms with van der Waals surface area (Å²) in [5.41, 5.74) is 7.08. The molecule has 3 rings (SSSR count). The van der Waals surface area contributed by atoms with Gasteiger partial charge in [0.15, 0.2) is 0 Å². The highest BCUT2D eigenvalue weighted by molar-refractivity contribution is 6.41. The zero-order valence-electron chi connectivity index (χ0n) is 16.7. The minimum Gasteiger partial charge on any atom is -0.486 e. The molecule has 1 unspecified atom stereocenters. The summed E-state index contributed by atoms with van der Waals surface area (Å²) in [6, 6.07) is 5.65. The number of carboxylic acids is 1. The van der Waals surface area contributed by atoms with Gasteiger partial charge in [-0.15, -0.1) is 0 Å². The van der Waals surface area contributed by atoms with E-state index in [1.807, 2.05) is 0 Å². The van der Waals surface area contributed by atoms with Crippen LogP contribution >= 0.6 is 0 Å². The van der Waals surface area contributed by atoms with E-state index in [0.29, 0.717) is 11.1 Å². The lowest BCUT2D eigenvalue weighted by molar-refractivity contribution is -0.141. The van der Waals surface area contributed by atoms with Crippen molar-refractivity contribution in [1.29, 1.82) is 0 Å². The van der Waals surface area contributed by atoms with E-state index in [0.717, 1.165) is 0 Å². The molecule has 1 aliphatic rings. The normalized spacial score (nSPS) is 14.6. The van der Waals surface area contributed by atoms with Crippen molar-refractivity contribution >= 4 is 19.0 Å². The number of carbonyl (C=O) groups is 2. The molecule has 10 nitrogen and oxygen atoms in total. The fraction of sp³-hybridized carbons (Fsp3) is 0.350. The minimum absolute atomic E-state index is 0.00312. The Kier molecular flexibility index (Phi) is 7.23. The SMILES string of the molecule is NC(C(=O)N1CC(Oc2ccc(CCB(O)O)c(CO)c2C(=O)O)C1)c1cccnc1. The number of hydrogen-bond donors (Lipinski definition) is 5. The third-order valence-electron chi connectivity index (χ3n) is 5.18. The number of nitrogens with zero attached hydrogens (tertiary/aromatic N) is 2. The first-order valence-electron chi connectivity index (χ1n) is 9.77. The number of aliphatic hydroxyl groups excluding tert-OH is 1. The average molecular weight is 429 g/mol. The van der Waals surface area contributed by atoms with Crippen molar-refractivity contribution in [2.45, 2.75) is 31.5 Å². The van der Waals surface area contributed by atoms with Crippen molar-refractivity contribution in [1.82, 2.24) is 9.88 Å². The van der Waals surface area contributed by atoms with Gasteiger partial charge < -0.3 is 35.6 Å². The zero-order chi connectivity index (χ0) is 22.5.